The summed E-state index contributed by atoms with van der Waals surface area (Å²) in [6, 6.07) is 0. The van der Waals surface area contributed by atoms with Crippen molar-refractivity contribution in [3.8, 4) is 0 Å². The molecule has 0 bridgehead atoms. The van der Waals surface area contributed by atoms with Crippen molar-refractivity contribution in [3.05, 3.63) is 0 Å². The van der Waals surface area contributed by atoms with Gasteiger partial charge in [-0.1, -0.05) is 12.8 Å². The molecule has 0 spiro atoms. The number of aliphatic hydroxyl groups excluding tert-OH is 1. The van der Waals surface area contributed by atoms with Crippen LogP contribution in [0.5, 0.6) is 0 Å². The zero-order valence-corrected chi connectivity index (χ0v) is 14.4. The largest absolute Gasteiger partial charge is 0.367 e. The van der Waals surface area contributed by atoms with Crippen LogP contribution < -0.4 is 0 Å². The minimum Gasteiger partial charge on any atom is -0.367 e. The van der Waals surface area contributed by atoms with Gasteiger partial charge < -0.3 is 10.2 Å². The normalized spacial score (nSPS) is 47.6. The van der Waals surface area contributed by atoms with E-state index in [1.807, 2.05) is 0 Å². The Kier molecular flexibility index (Phi) is 4.32. The van der Waals surface area contributed by atoms with Gasteiger partial charge in [0.1, 0.15) is 0 Å². The third-order valence-electron chi connectivity index (χ3n) is 8.36. The zero-order chi connectivity index (χ0) is 16.9. The van der Waals surface area contributed by atoms with Crippen LogP contribution in [0.25, 0.3) is 0 Å². The van der Waals surface area contributed by atoms with Gasteiger partial charge in [0, 0.05) is 0 Å². The molecule has 0 heterocycles. The Labute approximate surface area is 144 Å². The summed E-state index contributed by atoms with van der Waals surface area (Å²) >= 11 is 0. The summed E-state index contributed by atoms with van der Waals surface area (Å²) in [7, 11) is 0. The second kappa shape index (κ2) is 6.21. The summed E-state index contributed by atoms with van der Waals surface area (Å²) in [4.78, 5) is 23.2. The number of carbonyl (C=O) groups is 2. The van der Waals surface area contributed by atoms with E-state index in [-0.39, 0.29) is 0 Å². The molecule has 4 rings (SSSR count). The SMILES string of the molecule is O=CC(=O)C1(C(O)O)CCC2C(CCC3C4CCCC4CCC23)C1. The van der Waals surface area contributed by atoms with Gasteiger partial charge in [-0.25, -0.2) is 0 Å². The summed E-state index contributed by atoms with van der Waals surface area (Å²) in [5.74, 6) is 3.90. The highest BCUT2D eigenvalue weighted by Gasteiger charge is 2.55. The first-order valence-electron chi connectivity index (χ1n) is 9.92. The number of hydrogen-bond acceptors (Lipinski definition) is 4. The first-order chi connectivity index (χ1) is 11.6. The summed E-state index contributed by atoms with van der Waals surface area (Å²) in [5, 5.41) is 19.7. The van der Waals surface area contributed by atoms with Crippen LogP contribution in [-0.2, 0) is 9.59 Å². The Hall–Kier alpha value is -0.740. The van der Waals surface area contributed by atoms with Crippen molar-refractivity contribution in [2.75, 3.05) is 0 Å². The van der Waals surface area contributed by atoms with Gasteiger partial charge in [0.25, 0.3) is 0 Å². The van der Waals surface area contributed by atoms with E-state index in [4.69, 9.17) is 0 Å². The van der Waals surface area contributed by atoms with Gasteiger partial charge in [0.15, 0.2) is 12.6 Å². The van der Waals surface area contributed by atoms with Crippen LogP contribution in [0.4, 0.5) is 0 Å². The molecule has 134 valence electrons. The molecule has 0 amide bonds. The molecular formula is C20H30O4. The number of Topliss-reactive ketones (excluding diaryl/α,β-unsaturated/α-hetero) is 1. The van der Waals surface area contributed by atoms with E-state index in [1.165, 1.54) is 38.5 Å². The van der Waals surface area contributed by atoms with Crippen molar-refractivity contribution in [1.82, 2.24) is 0 Å². The number of aliphatic hydroxyl groups is 2. The minimum absolute atomic E-state index is 0.301. The van der Waals surface area contributed by atoms with E-state index in [9.17, 15) is 19.8 Å². The van der Waals surface area contributed by atoms with E-state index in [0.717, 1.165) is 36.5 Å². The molecule has 4 fully saturated rings. The molecule has 4 heteroatoms. The summed E-state index contributed by atoms with van der Waals surface area (Å²) < 4.78 is 0. The molecule has 4 aliphatic rings. The van der Waals surface area contributed by atoms with E-state index in [2.05, 4.69) is 0 Å². The van der Waals surface area contributed by atoms with E-state index in [1.54, 1.807) is 0 Å². The fraction of sp³-hybridized carbons (Fsp3) is 0.900. The smallest absolute Gasteiger partial charge is 0.206 e. The number of ketones is 1. The minimum atomic E-state index is -1.71. The Morgan fingerprint density at radius 3 is 2.21 bits per heavy atom. The standard InChI is InChI=1S/C20H30O4/c21-11-18(22)20(19(23)24)9-8-15-13(10-20)5-7-16-14-3-1-2-12(14)4-6-17(15)16/h11-17,19,23-24H,1-10H2. The second-order valence-electron chi connectivity index (χ2n) is 9.02. The maximum absolute atomic E-state index is 12.1. The molecule has 0 aromatic rings. The van der Waals surface area contributed by atoms with Crippen LogP contribution in [0, 0.1) is 40.9 Å². The lowest BCUT2D eigenvalue weighted by Gasteiger charge is -2.54. The van der Waals surface area contributed by atoms with Crippen LogP contribution in [-0.4, -0.2) is 28.6 Å². The number of aldehydes is 1. The number of rotatable bonds is 3. The first-order valence-corrected chi connectivity index (χ1v) is 9.92. The van der Waals surface area contributed by atoms with E-state index < -0.39 is 17.5 Å². The summed E-state index contributed by atoms with van der Waals surface area (Å²) in [6.45, 7) is 0. The first kappa shape index (κ1) is 16.7. The van der Waals surface area contributed by atoms with Gasteiger partial charge in [-0.2, -0.15) is 0 Å². The molecule has 2 N–H and O–H groups in total. The highest BCUT2D eigenvalue weighted by molar-refractivity contribution is 6.27. The van der Waals surface area contributed by atoms with Crippen molar-refractivity contribution < 1.29 is 19.8 Å². The average Bonchev–Trinajstić information content (AvgIpc) is 3.08. The van der Waals surface area contributed by atoms with Gasteiger partial charge in [0.05, 0.1) is 5.41 Å². The lowest BCUT2D eigenvalue weighted by atomic mass is 9.50. The van der Waals surface area contributed by atoms with Gasteiger partial charge >= 0.3 is 0 Å². The van der Waals surface area contributed by atoms with Crippen molar-refractivity contribution in [2.45, 2.75) is 70.5 Å². The van der Waals surface area contributed by atoms with Crippen LogP contribution in [0.1, 0.15) is 64.2 Å². The monoisotopic (exact) mass is 334 g/mol. The van der Waals surface area contributed by atoms with Gasteiger partial charge in [-0.15, -0.1) is 0 Å². The number of carbonyl (C=O) groups excluding carboxylic acids is 2. The van der Waals surface area contributed by atoms with Gasteiger partial charge in [-0.05, 0) is 86.9 Å². The average molecular weight is 334 g/mol. The van der Waals surface area contributed by atoms with Crippen LogP contribution in [0.3, 0.4) is 0 Å². The summed E-state index contributed by atoms with van der Waals surface area (Å²) in [6.07, 6.45) is 9.68. The van der Waals surface area contributed by atoms with Crippen molar-refractivity contribution >= 4 is 12.1 Å². The fourth-order valence-corrected chi connectivity index (χ4v) is 7.26. The molecule has 4 saturated carbocycles. The molecule has 24 heavy (non-hydrogen) atoms. The van der Waals surface area contributed by atoms with Crippen LogP contribution in [0.2, 0.25) is 0 Å². The Morgan fingerprint density at radius 1 is 0.875 bits per heavy atom. The molecule has 7 unspecified atom stereocenters. The maximum atomic E-state index is 12.1. The number of hydrogen-bond donors (Lipinski definition) is 2. The highest BCUT2D eigenvalue weighted by Crippen LogP contribution is 2.60. The second-order valence-corrected chi connectivity index (χ2v) is 9.02. The van der Waals surface area contributed by atoms with Gasteiger partial charge in [-0.3, -0.25) is 9.59 Å². The van der Waals surface area contributed by atoms with E-state index >= 15 is 0 Å². The molecule has 7 atom stereocenters. The molecule has 4 nitrogen and oxygen atoms in total. The maximum Gasteiger partial charge on any atom is 0.206 e. The number of fused-ring (bicyclic) bond motifs is 5. The quantitative estimate of drug-likeness (QED) is 0.473. The molecule has 0 radical (unpaired) electrons. The topological polar surface area (TPSA) is 74.6 Å². The van der Waals surface area contributed by atoms with Crippen molar-refractivity contribution in [1.29, 1.82) is 0 Å². The Bertz CT molecular complexity index is 516. The molecule has 0 aliphatic heterocycles. The predicted octanol–water partition coefficient (Wildman–Crippen LogP) is 2.70. The van der Waals surface area contributed by atoms with Crippen LogP contribution >= 0.6 is 0 Å². The highest BCUT2D eigenvalue weighted by atomic mass is 16.5. The third-order valence-corrected chi connectivity index (χ3v) is 8.36. The Morgan fingerprint density at radius 2 is 1.54 bits per heavy atom. The van der Waals surface area contributed by atoms with Crippen molar-refractivity contribution in [2.24, 2.45) is 40.9 Å². The van der Waals surface area contributed by atoms with E-state index in [0.29, 0.717) is 31.0 Å². The van der Waals surface area contributed by atoms with Crippen molar-refractivity contribution in [3.63, 3.8) is 0 Å². The lowest BCUT2D eigenvalue weighted by molar-refractivity contribution is -0.182. The zero-order valence-electron chi connectivity index (χ0n) is 14.4. The molecule has 0 aromatic carbocycles. The lowest BCUT2D eigenvalue weighted by Crippen LogP contribution is -2.52. The molecular weight excluding hydrogens is 304 g/mol. The molecule has 0 aromatic heterocycles. The van der Waals surface area contributed by atoms with Gasteiger partial charge in [0.2, 0.25) is 5.78 Å². The molecule has 4 aliphatic carbocycles. The molecule has 0 saturated heterocycles. The summed E-state index contributed by atoms with van der Waals surface area (Å²) in [5.41, 5.74) is -1.24. The third kappa shape index (κ3) is 2.40. The Balaban J connectivity index is 1.54. The fourth-order valence-electron chi connectivity index (χ4n) is 7.26. The van der Waals surface area contributed by atoms with Crippen LogP contribution in [0.15, 0.2) is 0 Å². The predicted molar refractivity (Wildman–Crippen MR) is 88.8 cm³/mol.